The molecule has 0 saturated heterocycles. The van der Waals surface area contributed by atoms with Gasteiger partial charge in [0.15, 0.2) is 6.17 Å². The molecule has 0 aliphatic carbocycles. The minimum absolute atomic E-state index is 0.184. The Morgan fingerprint density at radius 2 is 1.94 bits per heavy atom. The van der Waals surface area contributed by atoms with Crippen LogP contribution in [-0.4, -0.2) is 28.4 Å². The van der Waals surface area contributed by atoms with Crippen LogP contribution in [0.15, 0.2) is 83.9 Å². The summed E-state index contributed by atoms with van der Waals surface area (Å²) in [5.74, 6) is -0.520. The van der Waals surface area contributed by atoms with E-state index in [1.165, 1.54) is 18.2 Å². The van der Waals surface area contributed by atoms with E-state index in [2.05, 4.69) is 33.3 Å². The second-order valence-electron chi connectivity index (χ2n) is 7.29. The third kappa shape index (κ3) is 4.62. The van der Waals surface area contributed by atoms with E-state index in [-0.39, 0.29) is 16.8 Å². The van der Waals surface area contributed by atoms with E-state index in [0.29, 0.717) is 28.1 Å². The highest BCUT2D eigenvalue weighted by Crippen LogP contribution is 2.36. The van der Waals surface area contributed by atoms with Crippen molar-refractivity contribution in [2.24, 2.45) is 0 Å². The average molecular weight is 523 g/mol. The Balaban J connectivity index is 1.70. The Morgan fingerprint density at radius 3 is 2.65 bits per heavy atom. The number of carbonyl (C=O) groups is 2. The lowest BCUT2D eigenvalue weighted by Gasteiger charge is -2.37. The number of nitrogens with zero attached hydrogens (tertiary/aromatic N) is 2. The molecule has 0 unspecified atom stereocenters. The molecule has 0 spiro atoms. The van der Waals surface area contributed by atoms with Gasteiger partial charge in [-0.3, -0.25) is 25.1 Å². The molecule has 10 heteroatoms. The van der Waals surface area contributed by atoms with Crippen LogP contribution in [0, 0.1) is 10.1 Å². The fourth-order valence-corrected chi connectivity index (χ4v) is 3.89. The zero-order valence-electron chi connectivity index (χ0n) is 17.7. The number of nitrogens with one attached hydrogen (secondary N) is 2. The molecule has 1 heterocycles. The van der Waals surface area contributed by atoms with Crippen LogP contribution in [0.4, 0.5) is 11.4 Å². The van der Waals surface area contributed by atoms with Crippen LogP contribution in [0.5, 0.6) is 5.75 Å². The molecule has 1 atom stereocenters. The first-order valence-corrected chi connectivity index (χ1v) is 11.0. The van der Waals surface area contributed by atoms with Crippen molar-refractivity contribution in [3.05, 3.63) is 111 Å². The van der Waals surface area contributed by atoms with E-state index >= 15 is 0 Å². The van der Waals surface area contributed by atoms with Crippen molar-refractivity contribution in [2.45, 2.75) is 6.17 Å². The van der Waals surface area contributed by atoms with Crippen LogP contribution in [-0.2, 0) is 0 Å². The highest BCUT2D eigenvalue weighted by atomic mass is 79.9. The number of anilines is 1. The molecule has 34 heavy (non-hydrogen) atoms. The summed E-state index contributed by atoms with van der Waals surface area (Å²) >= 11 is 3.35. The van der Waals surface area contributed by atoms with E-state index < -0.39 is 22.9 Å². The number of hydrazine groups is 1. The fourth-order valence-electron chi connectivity index (χ4n) is 3.53. The second-order valence-corrected chi connectivity index (χ2v) is 8.21. The van der Waals surface area contributed by atoms with Gasteiger partial charge in [-0.2, -0.15) is 0 Å². The van der Waals surface area contributed by atoms with Gasteiger partial charge in [0.05, 0.1) is 16.1 Å². The molecule has 0 bridgehead atoms. The molecule has 4 rings (SSSR count). The highest BCUT2D eigenvalue weighted by Gasteiger charge is 2.37. The van der Waals surface area contributed by atoms with Crippen LogP contribution in [0.25, 0.3) is 0 Å². The predicted molar refractivity (Wildman–Crippen MR) is 129 cm³/mol. The van der Waals surface area contributed by atoms with Crippen LogP contribution in [0.1, 0.15) is 32.4 Å². The number of amides is 2. The summed E-state index contributed by atoms with van der Waals surface area (Å²) in [4.78, 5) is 37.6. The highest BCUT2D eigenvalue weighted by molar-refractivity contribution is 9.10. The largest absolute Gasteiger partial charge is 0.490 e. The molecule has 3 aromatic carbocycles. The van der Waals surface area contributed by atoms with Crippen molar-refractivity contribution >= 4 is 39.1 Å². The number of nitro benzene ring substituents is 1. The maximum absolute atomic E-state index is 13.4. The summed E-state index contributed by atoms with van der Waals surface area (Å²) in [6, 6.07) is 17.5. The van der Waals surface area contributed by atoms with Crippen LogP contribution < -0.4 is 15.5 Å². The molecule has 1 aliphatic rings. The number of benzene rings is 3. The van der Waals surface area contributed by atoms with Crippen molar-refractivity contribution in [1.29, 1.82) is 0 Å². The molecule has 2 N–H and O–H groups in total. The van der Waals surface area contributed by atoms with Gasteiger partial charge in [0, 0.05) is 21.8 Å². The van der Waals surface area contributed by atoms with Gasteiger partial charge in [-0.1, -0.05) is 40.7 Å². The molecular formula is C24H19BrN4O5. The van der Waals surface area contributed by atoms with Crippen LogP contribution in [0.2, 0.25) is 0 Å². The Labute approximate surface area is 203 Å². The molecule has 0 radical (unpaired) electrons. The molecule has 172 valence electrons. The zero-order chi connectivity index (χ0) is 24.2. The molecule has 0 fully saturated rings. The number of carbonyl (C=O) groups excluding carboxylic acids is 2. The van der Waals surface area contributed by atoms with Gasteiger partial charge in [0.1, 0.15) is 12.4 Å². The molecule has 0 aromatic heterocycles. The van der Waals surface area contributed by atoms with E-state index in [1.807, 2.05) is 0 Å². The van der Waals surface area contributed by atoms with Gasteiger partial charge >= 0.3 is 0 Å². The first-order chi connectivity index (χ1) is 16.4. The topological polar surface area (TPSA) is 114 Å². The first-order valence-electron chi connectivity index (χ1n) is 10.2. The number of ether oxygens (including phenoxy) is 1. The molecular weight excluding hydrogens is 504 g/mol. The second kappa shape index (κ2) is 9.75. The predicted octanol–water partition coefficient (Wildman–Crippen LogP) is 4.83. The third-order valence-electron chi connectivity index (χ3n) is 5.12. The monoisotopic (exact) mass is 522 g/mol. The fraction of sp³-hybridized carbons (Fsp3) is 0.0833. The summed E-state index contributed by atoms with van der Waals surface area (Å²) in [5, 5.41) is 15.9. The SMILES string of the molecule is C=CCOc1ccc(C(=O)NN2C(=O)c3cc(Br)ccc3N[C@@H]2c2ccccc2[N+](=O)[O-])cc1. The minimum atomic E-state index is -1.01. The smallest absolute Gasteiger partial charge is 0.276 e. The van der Waals surface area contributed by atoms with Crippen molar-refractivity contribution in [3.8, 4) is 5.75 Å². The molecule has 2 amide bonds. The van der Waals surface area contributed by atoms with Gasteiger partial charge in [-0.15, -0.1) is 0 Å². The maximum atomic E-state index is 13.4. The van der Waals surface area contributed by atoms with E-state index in [1.54, 1.807) is 54.6 Å². The summed E-state index contributed by atoms with van der Waals surface area (Å²) in [5.41, 5.74) is 3.72. The van der Waals surface area contributed by atoms with Gasteiger partial charge in [0.25, 0.3) is 17.5 Å². The molecule has 9 nitrogen and oxygen atoms in total. The third-order valence-corrected chi connectivity index (χ3v) is 5.61. The number of fused-ring (bicyclic) bond motifs is 1. The number of para-hydroxylation sites is 1. The summed E-state index contributed by atoms with van der Waals surface area (Å²) in [6.07, 6.45) is 0.594. The van der Waals surface area contributed by atoms with Crippen molar-refractivity contribution < 1.29 is 19.2 Å². The number of hydrogen-bond acceptors (Lipinski definition) is 6. The van der Waals surface area contributed by atoms with Gasteiger partial charge in [-0.25, -0.2) is 5.01 Å². The Hall–Kier alpha value is -4.18. The number of rotatable bonds is 7. The maximum Gasteiger partial charge on any atom is 0.276 e. The number of halogens is 1. The number of nitro groups is 1. The van der Waals surface area contributed by atoms with Gasteiger partial charge < -0.3 is 10.1 Å². The van der Waals surface area contributed by atoms with E-state index in [9.17, 15) is 19.7 Å². The first kappa shape index (κ1) is 23.0. The molecule has 1 aliphatic heterocycles. The lowest BCUT2D eigenvalue weighted by Crippen LogP contribution is -2.53. The average Bonchev–Trinajstić information content (AvgIpc) is 2.85. The lowest BCUT2D eigenvalue weighted by atomic mass is 10.0. The lowest BCUT2D eigenvalue weighted by molar-refractivity contribution is -0.385. The van der Waals surface area contributed by atoms with E-state index in [0.717, 1.165) is 5.01 Å². The Bertz CT molecular complexity index is 1280. The van der Waals surface area contributed by atoms with Crippen molar-refractivity contribution in [3.63, 3.8) is 0 Å². The van der Waals surface area contributed by atoms with Gasteiger partial charge in [0.2, 0.25) is 0 Å². The van der Waals surface area contributed by atoms with Crippen molar-refractivity contribution in [2.75, 3.05) is 11.9 Å². The standard InChI is InChI=1S/C24H19BrN4O5/c1-2-13-34-17-10-7-15(8-11-17)23(30)27-28-22(18-5-3-4-6-21(18)29(32)33)26-20-12-9-16(25)14-19(20)24(28)31/h2-12,14,22,26H,1,13H2,(H,27,30)/t22-/m0/s1. The Kier molecular flexibility index (Phi) is 6.60. The normalized spacial score (nSPS) is 14.6. The van der Waals surface area contributed by atoms with Crippen molar-refractivity contribution in [1.82, 2.24) is 10.4 Å². The Morgan fingerprint density at radius 1 is 1.21 bits per heavy atom. The summed E-state index contributed by atoms with van der Waals surface area (Å²) in [7, 11) is 0. The summed E-state index contributed by atoms with van der Waals surface area (Å²) in [6.45, 7) is 3.91. The zero-order valence-corrected chi connectivity index (χ0v) is 19.3. The van der Waals surface area contributed by atoms with E-state index in [4.69, 9.17) is 4.74 Å². The van der Waals surface area contributed by atoms with Crippen LogP contribution in [0.3, 0.4) is 0 Å². The van der Waals surface area contributed by atoms with Crippen LogP contribution >= 0.6 is 15.9 Å². The quantitative estimate of drug-likeness (QED) is 0.261. The molecule has 3 aromatic rings. The minimum Gasteiger partial charge on any atom is -0.490 e. The van der Waals surface area contributed by atoms with Gasteiger partial charge in [-0.05, 0) is 48.5 Å². The molecule has 0 saturated carbocycles. The summed E-state index contributed by atoms with van der Waals surface area (Å²) < 4.78 is 6.10. The number of hydrogen-bond donors (Lipinski definition) is 2.